The van der Waals surface area contributed by atoms with E-state index in [1.54, 1.807) is 4.68 Å². The highest BCUT2D eigenvalue weighted by Crippen LogP contribution is 2.11. The number of rotatable bonds is 3. The van der Waals surface area contributed by atoms with Crippen molar-refractivity contribution in [3.8, 4) is 0 Å². The molecule has 15 heavy (non-hydrogen) atoms. The Labute approximate surface area is 92.1 Å². The zero-order chi connectivity index (χ0) is 10.7. The van der Waals surface area contributed by atoms with Gasteiger partial charge in [0.15, 0.2) is 5.82 Å². The van der Waals surface area contributed by atoms with Crippen LogP contribution in [-0.4, -0.2) is 19.9 Å². The first-order chi connectivity index (χ1) is 7.29. The SMILES string of the molecule is OCc1ncnn1Cc1cccc(Cl)c1. The molecule has 1 aromatic carbocycles. The van der Waals surface area contributed by atoms with Crippen molar-refractivity contribution in [2.45, 2.75) is 13.2 Å². The van der Waals surface area contributed by atoms with E-state index in [1.807, 2.05) is 24.3 Å². The fourth-order valence-electron chi connectivity index (χ4n) is 1.35. The third-order valence-corrected chi connectivity index (χ3v) is 2.29. The minimum atomic E-state index is -0.111. The molecule has 1 N–H and O–H groups in total. The lowest BCUT2D eigenvalue weighted by molar-refractivity contribution is 0.264. The van der Waals surface area contributed by atoms with Crippen LogP contribution in [0.1, 0.15) is 11.4 Å². The molecular formula is C10H10ClN3O. The summed E-state index contributed by atoms with van der Waals surface area (Å²) in [6.07, 6.45) is 1.43. The van der Waals surface area contributed by atoms with Crippen LogP contribution in [0.4, 0.5) is 0 Å². The Balaban J connectivity index is 2.22. The van der Waals surface area contributed by atoms with Crippen LogP contribution >= 0.6 is 11.6 Å². The monoisotopic (exact) mass is 223 g/mol. The first kappa shape index (κ1) is 10.1. The van der Waals surface area contributed by atoms with E-state index >= 15 is 0 Å². The van der Waals surface area contributed by atoms with Crippen molar-refractivity contribution < 1.29 is 5.11 Å². The third kappa shape index (κ3) is 2.34. The molecule has 78 valence electrons. The topological polar surface area (TPSA) is 50.9 Å². The van der Waals surface area contributed by atoms with Crippen LogP contribution in [0, 0.1) is 0 Å². The summed E-state index contributed by atoms with van der Waals surface area (Å²) in [6, 6.07) is 7.52. The van der Waals surface area contributed by atoms with Crippen LogP contribution in [0.3, 0.4) is 0 Å². The second-order valence-corrected chi connectivity index (χ2v) is 3.56. The molecule has 0 saturated heterocycles. The Bertz CT molecular complexity index is 455. The van der Waals surface area contributed by atoms with E-state index in [-0.39, 0.29) is 6.61 Å². The fraction of sp³-hybridized carbons (Fsp3) is 0.200. The molecule has 2 aromatic rings. The predicted molar refractivity (Wildman–Crippen MR) is 56.5 cm³/mol. The summed E-state index contributed by atoms with van der Waals surface area (Å²) in [5.74, 6) is 0.551. The van der Waals surface area contributed by atoms with Crippen molar-refractivity contribution in [3.05, 3.63) is 47.0 Å². The first-order valence-corrected chi connectivity index (χ1v) is 4.89. The van der Waals surface area contributed by atoms with E-state index in [1.165, 1.54) is 6.33 Å². The van der Waals surface area contributed by atoms with Gasteiger partial charge in [-0.1, -0.05) is 23.7 Å². The number of aliphatic hydroxyl groups excluding tert-OH is 1. The smallest absolute Gasteiger partial charge is 0.152 e. The van der Waals surface area contributed by atoms with Crippen LogP contribution in [0.5, 0.6) is 0 Å². The molecule has 0 fully saturated rings. The van der Waals surface area contributed by atoms with Gasteiger partial charge in [-0.05, 0) is 17.7 Å². The average Bonchev–Trinajstić information content (AvgIpc) is 2.65. The zero-order valence-electron chi connectivity index (χ0n) is 7.97. The van der Waals surface area contributed by atoms with Crippen LogP contribution in [0.15, 0.2) is 30.6 Å². The number of aliphatic hydroxyl groups is 1. The zero-order valence-corrected chi connectivity index (χ0v) is 8.72. The van der Waals surface area contributed by atoms with E-state index in [0.717, 1.165) is 5.56 Å². The number of nitrogens with zero attached hydrogens (tertiary/aromatic N) is 3. The molecule has 1 aromatic heterocycles. The molecule has 0 atom stereocenters. The van der Waals surface area contributed by atoms with Crippen molar-refractivity contribution in [2.24, 2.45) is 0 Å². The molecular weight excluding hydrogens is 214 g/mol. The standard InChI is InChI=1S/C10H10ClN3O/c11-9-3-1-2-8(4-9)5-14-10(6-15)12-7-13-14/h1-4,7,15H,5-6H2. The van der Waals surface area contributed by atoms with Gasteiger partial charge >= 0.3 is 0 Å². The maximum absolute atomic E-state index is 8.99. The molecule has 0 aliphatic carbocycles. The lowest BCUT2D eigenvalue weighted by Gasteiger charge is -2.04. The van der Waals surface area contributed by atoms with Gasteiger partial charge in [0.1, 0.15) is 12.9 Å². The van der Waals surface area contributed by atoms with Crippen molar-refractivity contribution in [2.75, 3.05) is 0 Å². The van der Waals surface area contributed by atoms with Crippen molar-refractivity contribution in [3.63, 3.8) is 0 Å². The molecule has 0 aliphatic rings. The Morgan fingerprint density at radius 1 is 1.40 bits per heavy atom. The molecule has 0 radical (unpaired) electrons. The number of aromatic nitrogens is 3. The molecule has 1 heterocycles. The Morgan fingerprint density at radius 3 is 3.00 bits per heavy atom. The van der Waals surface area contributed by atoms with Gasteiger partial charge in [-0.3, -0.25) is 0 Å². The van der Waals surface area contributed by atoms with Gasteiger partial charge in [0.2, 0.25) is 0 Å². The lowest BCUT2D eigenvalue weighted by atomic mass is 10.2. The summed E-state index contributed by atoms with van der Waals surface area (Å²) in [4.78, 5) is 3.92. The maximum Gasteiger partial charge on any atom is 0.152 e. The van der Waals surface area contributed by atoms with Crippen molar-refractivity contribution in [1.29, 1.82) is 0 Å². The molecule has 0 aliphatic heterocycles. The van der Waals surface area contributed by atoms with Gasteiger partial charge in [-0.25, -0.2) is 9.67 Å². The minimum Gasteiger partial charge on any atom is -0.388 e. The molecule has 2 rings (SSSR count). The van der Waals surface area contributed by atoms with Crippen LogP contribution in [0.25, 0.3) is 0 Å². The number of halogens is 1. The number of hydrogen-bond acceptors (Lipinski definition) is 3. The number of benzene rings is 1. The van der Waals surface area contributed by atoms with Gasteiger partial charge in [0.05, 0.1) is 6.54 Å². The van der Waals surface area contributed by atoms with Crippen LogP contribution in [0.2, 0.25) is 5.02 Å². The molecule has 0 unspecified atom stereocenters. The van der Waals surface area contributed by atoms with Crippen molar-refractivity contribution >= 4 is 11.6 Å². The van der Waals surface area contributed by atoms with Gasteiger partial charge in [0.25, 0.3) is 0 Å². The van der Waals surface area contributed by atoms with E-state index in [2.05, 4.69) is 10.1 Å². The van der Waals surface area contributed by atoms with Gasteiger partial charge in [0, 0.05) is 5.02 Å². The maximum atomic E-state index is 8.99. The van der Waals surface area contributed by atoms with Crippen molar-refractivity contribution in [1.82, 2.24) is 14.8 Å². The predicted octanol–water partition coefficient (Wildman–Crippen LogP) is 1.47. The second kappa shape index (κ2) is 4.42. The molecule has 0 spiro atoms. The second-order valence-electron chi connectivity index (χ2n) is 3.12. The largest absolute Gasteiger partial charge is 0.388 e. The normalized spacial score (nSPS) is 10.5. The van der Waals surface area contributed by atoms with E-state index in [0.29, 0.717) is 17.4 Å². The molecule has 0 bridgehead atoms. The van der Waals surface area contributed by atoms with Gasteiger partial charge < -0.3 is 5.11 Å². The van der Waals surface area contributed by atoms with Crippen LogP contribution < -0.4 is 0 Å². The minimum absolute atomic E-state index is 0.111. The highest BCUT2D eigenvalue weighted by Gasteiger charge is 2.03. The quantitative estimate of drug-likeness (QED) is 0.858. The Hall–Kier alpha value is -1.39. The van der Waals surface area contributed by atoms with Gasteiger partial charge in [-0.15, -0.1) is 0 Å². The lowest BCUT2D eigenvalue weighted by Crippen LogP contribution is -2.06. The molecule has 0 saturated carbocycles. The summed E-state index contributed by atoms with van der Waals surface area (Å²) in [6.45, 7) is 0.455. The average molecular weight is 224 g/mol. The van der Waals surface area contributed by atoms with Gasteiger partial charge in [-0.2, -0.15) is 5.10 Å². The Morgan fingerprint density at radius 2 is 2.27 bits per heavy atom. The van der Waals surface area contributed by atoms with Crippen LogP contribution in [-0.2, 0) is 13.2 Å². The van der Waals surface area contributed by atoms with E-state index in [4.69, 9.17) is 16.7 Å². The highest BCUT2D eigenvalue weighted by atomic mass is 35.5. The highest BCUT2D eigenvalue weighted by molar-refractivity contribution is 6.30. The summed E-state index contributed by atoms with van der Waals surface area (Å²) in [5, 5.41) is 13.7. The summed E-state index contributed by atoms with van der Waals surface area (Å²) >= 11 is 5.86. The Kier molecular flexibility index (Phi) is 2.99. The molecule has 5 heteroatoms. The summed E-state index contributed by atoms with van der Waals surface area (Å²) in [5.41, 5.74) is 1.03. The summed E-state index contributed by atoms with van der Waals surface area (Å²) < 4.78 is 1.64. The molecule has 0 amide bonds. The molecule has 4 nitrogen and oxygen atoms in total. The van der Waals surface area contributed by atoms with E-state index in [9.17, 15) is 0 Å². The summed E-state index contributed by atoms with van der Waals surface area (Å²) in [7, 11) is 0. The first-order valence-electron chi connectivity index (χ1n) is 4.51. The fourth-order valence-corrected chi connectivity index (χ4v) is 1.56. The third-order valence-electron chi connectivity index (χ3n) is 2.06. The van der Waals surface area contributed by atoms with E-state index < -0.39 is 0 Å². The number of hydrogen-bond donors (Lipinski definition) is 1.